The standard InChI is InChI=1S/C11H11BrIN5/c1-3-8-9(4-14)15-18(10(8)12)6-7-5-17(2)16-11(7)13/h5H,3,6H2,1-2H3. The van der Waals surface area contributed by atoms with Crippen LogP contribution in [0.15, 0.2) is 10.8 Å². The number of hydrogen-bond donors (Lipinski definition) is 0. The maximum atomic E-state index is 9.05. The molecule has 0 fully saturated rings. The van der Waals surface area contributed by atoms with E-state index in [0.717, 1.165) is 25.9 Å². The molecular formula is C11H11BrIN5. The summed E-state index contributed by atoms with van der Waals surface area (Å²) in [6.45, 7) is 2.63. The Kier molecular flexibility index (Phi) is 4.07. The molecule has 0 spiro atoms. The third-order valence-corrected chi connectivity index (χ3v) is 4.41. The number of aromatic nitrogens is 4. The van der Waals surface area contributed by atoms with E-state index < -0.39 is 0 Å². The predicted octanol–water partition coefficient (Wildman–Crippen LogP) is 2.47. The van der Waals surface area contributed by atoms with Gasteiger partial charge in [-0.25, -0.2) is 0 Å². The molecule has 0 N–H and O–H groups in total. The van der Waals surface area contributed by atoms with Crippen LogP contribution >= 0.6 is 38.5 Å². The van der Waals surface area contributed by atoms with Gasteiger partial charge in [0.05, 0.1) is 6.54 Å². The molecule has 2 rings (SSSR count). The van der Waals surface area contributed by atoms with E-state index in [2.05, 4.69) is 54.8 Å². The second kappa shape index (κ2) is 5.40. The molecule has 0 amide bonds. The van der Waals surface area contributed by atoms with Crippen LogP contribution in [0.5, 0.6) is 0 Å². The van der Waals surface area contributed by atoms with Gasteiger partial charge in [0.2, 0.25) is 0 Å². The van der Waals surface area contributed by atoms with Gasteiger partial charge in [-0.2, -0.15) is 15.5 Å². The molecule has 0 aliphatic carbocycles. The molecule has 2 aromatic heterocycles. The van der Waals surface area contributed by atoms with Crippen LogP contribution < -0.4 is 0 Å². The summed E-state index contributed by atoms with van der Waals surface area (Å²) in [5, 5.41) is 17.6. The van der Waals surface area contributed by atoms with E-state index in [1.807, 2.05) is 20.2 Å². The fraction of sp³-hybridized carbons (Fsp3) is 0.364. The number of nitriles is 1. The summed E-state index contributed by atoms with van der Waals surface area (Å²) in [5.74, 6) is 0. The highest BCUT2D eigenvalue weighted by Gasteiger charge is 2.15. The molecule has 2 aromatic rings. The lowest BCUT2D eigenvalue weighted by Crippen LogP contribution is -2.03. The Morgan fingerprint density at radius 1 is 1.50 bits per heavy atom. The second-order valence-electron chi connectivity index (χ2n) is 3.86. The molecule has 0 atom stereocenters. The van der Waals surface area contributed by atoms with E-state index in [1.165, 1.54) is 0 Å². The van der Waals surface area contributed by atoms with E-state index in [4.69, 9.17) is 5.26 Å². The van der Waals surface area contributed by atoms with Crippen LogP contribution in [0.4, 0.5) is 0 Å². The van der Waals surface area contributed by atoms with Gasteiger partial charge in [-0.3, -0.25) is 9.36 Å². The Bertz CT molecular complexity index is 622. The van der Waals surface area contributed by atoms with Gasteiger partial charge < -0.3 is 0 Å². The van der Waals surface area contributed by atoms with E-state index in [0.29, 0.717) is 12.2 Å². The average molecular weight is 420 g/mol. The molecule has 0 unspecified atom stereocenters. The van der Waals surface area contributed by atoms with Gasteiger partial charge in [0, 0.05) is 24.4 Å². The number of hydrogen-bond acceptors (Lipinski definition) is 3. The van der Waals surface area contributed by atoms with Crippen LogP contribution in [-0.4, -0.2) is 19.6 Å². The maximum Gasteiger partial charge on any atom is 0.166 e. The van der Waals surface area contributed by atoms with Gasteiger partial charge in [-0.1, -0.05) is 6.92 Å². The van der Waals surface area contributed by atoms with Gasteiger partial charge in [0.1, 0.15) is 14.4 Å². The van der Waals surface area contributed by atoms with Crippen LogP contribution in [0, 0.1) is 15.0 Å². The Hall–Kier alpha value is -0.880. The normalized spacial score (nSPS) is 10.6. The first-order valence-corrected chi connectivity index (χ1v) is 7.27. The van der Waals surface area contributed by atoms with Crippen molar-refractivity contribution in [1.29, 1.82) is 5.26 Å². The fourth-order valence-electron chi connectivity index (χ4n) is 1.76. The molecule has 0 radical (unpaired) electrons. The zero-order valence-electron chi connectivity index (χ0n) is 9.98. The van der Waals surface area contributed by atoms with Crippen molar-refractivity contribution in [2.24, 2.45) is 7.05 Å². The van der Waals surface area contributed by atoms with Crippen LogP contribution in [0.25, 0.3) is 0 Å². The lowest BCUT2D eigenvalue weighted by molar-refractivity contribution is 0.665. The number of aryl methyl sites for hydroxylation is 1. The van der Waals surface area contributed by atoms with Crippen LogP contribution in [0.2, 0.25) is 0 Å². The first-order valence-electron chi connectivity index (χ1n) is 5.40. The predicted molar refractivity (Wildman–Crippen MR) is 79.0 cm³/mol. The van der Waals surface area contributed by atoms with E-state index in [1.54, 1.807) is 9.36 Å². The molecule has 0 saturated heterocycles. The third kappa shape index (κ3) is 2.44. The maximum absolute atomic E-state index is 9.05. The van der Waals surface area contributed by atoms with E-state index >= 15 is 0 Å². The van der Waals surface area contributed by atoms with Gasteiger partial charge in [-0.05, 0) is 44.9 Å². The van der Waals surface area contributed by atoms with Crippen molar-refractivity contribution < 1.29 is 0 Å². The summed E-state index contributed by atoms with van der Waals surface area (Å²) in [6.07, 6.45) is 2.75. The SMILES string of the molecule is CCc1c(C#N)nn(Cc2cn(C)nc2I)c1Br. The minimum atomic E-state index is 0.489. The Labute approximate surface area is 127 Å². The highest BCUT2D eigenvalue weighted by molar-refractivity contribution is 14.1. The molecule has 5 nitrogen and oxygen atoms in total. The largest absolute Gasteiger partial charge is 0.274 e. The molecule has 0 aliphatic heterocycles. The van der Waals surface area contributed by atoms with Crippen LogP contribution in [-0.2, 0) is 20.0 Å². The van der Waals surface area contributed by atoms with Gasteiger partial charge in [0.25, 0.3) is 0 Å². The summed E-state index contributed by atoms with van der Waals surface area (Å²) < 4.78 is 5.41. The van der Waals surface area contributed by atoms with Crippen LogP contribution in [0.3, 0.4) is 0 Å². The van der Waals surface area contributed by atoms with Crippen molar-refractivity contribution in [1.82, 2.24) is 19.6 Å². The summed E-state index contributed by atoms with van der Waals surface area (Å²) in [4.78, 5) is 0. The van der Waals surface area contributed by atoms with Crippen molar-refractivity contribution in [3.05, 3.63) is 31.3 Å². The topological polar surface area (TPSA) is 59.4 Å². The number of nitrogens with zero attached hydrogens (tertiary/aromatic N) is 5. The van der Waals surface area contributed by atoms with E-state index in [9.17, 15) is 0 Å². The Morgan fingerprint density at radius 2 is 2.22 bits per heavy atom. The minimum absolute atomic E-state index is 0.489. The molecule has 2 heterocycles. The minimum Gasteiger partial charge on any atom is -0.274 e. The molecule has 0 saturated carbocycles. The third-order valence-electron chi connectivity index (χ3n) is 2.61. The summed E-state index contributed by atoms with van der Waals surface area (Å²) >= 11 is 5.71. The van der Waals surface area contributed by atoms with Crippen molar-refractivity contribution in [2.75, 3.05) is 0 Å². The molecule has 0 bridgehead atoms. The summed E-state index contributed by atoms with van der Waals surface area (Å²) in [5.41, 5.74) is 2.54. The van der Waals surface area contributed by atoms with Crippen LogP contribution in [0.1, 0.15) is 23.7 Å². The quantitative estimate of drug-likeness (QED) is 0.718. The smallest absolute Gasteiger partial charge is 0.166 e. The van der Waals surface area contributed by atoms with Crippen molar-refractivity contribution in [3.63, 3.8) is 0 Å². The van der Waals surface area contributed by atoms with E-state index in [-0.39, 0.29) is 0 Å². The first-order chi connectivity index (χ1) is 8.56. The lowest BCUT2D eigenvalue weighted by atomic mass is 10.2. The molecule has 0 aromatic carbocycles. The number of halogens is 2. The average Bonchev–Trinajstić information content (AvgIpc) is 2.80. The second-order valence-corrected chi connectivity index (χ2v) is 5.63. The Balaban J connectivity index is 2.39. The highest BCUT2D eigenvalue weighted by atomic mass is 127. The molecule has 94 valence electrons. The highest BCUT2D eigenvalue weighted by Crippen LogP contribution is 2.22. The van der Waals surface area contributed by atoms with Gasteiger partial charge in [-0.15, -0.1) is 0 Å². The van der Waals surface area contributed by atoms with Crippen molar-refractivity contribution >= 4 is 38.5 Å². The molecule has 18 heavy (non-hydrogen) atoms. The monoisotopic (exact) mass is 419 g/mol. The fourth-order valence-corrected chi connectivity index (χ4v) is 3.09. The van der Waals surface area contributed by atoms with Gasteiger partial charge >= 0.3 is 0 Å². The van der Waals surface area contributed by atoms with Crippen molar-refractivity contribution in [3.8, 4) is 6.07 Å². The first kappa shape index (κ1) is 13.5. The molecule has 0 aliphatic rings. The number of rotatable bonds is 3. The zero-order valence-corrected chi connectivity index (χ0v) is 13.7. The lowest BCUT2D eigenvalue weighted by Gasteiger charge is -2.01. The Morgan fingerprint density at radius 3 is 2.67 bits per heavy atom. The zero-order chi connectivity index (χ0) is 13.3. The molecular weight excluding hydrogens is 409 g/mol. The summed E-state index contributed by atoms with van der Waals surface area (Å²) in [7, 11) is 1.89. The van der Waals surface area contributed by atoms with Crippen molar-refractivity contribution in [2.45, 2.75) is 19.9 Å². The molecule has 7 heteroatoms. The van der Waals surface area contributed by atoms with Gasteiger partial charge in [0.15, 0.2) is 5.69 Å². The summed E-state index contributed by atoms with van der Waals surface area (Å²) in [6, 6.07) is 2.13.